The van der Waals surface area contributed by atoms with E-state index in [1.807, 2.05) is 30.3 Å². The van der Waals surface area contributed by atoms with Crippen molar-refractivity contribution in [3.63, 3.8) is 0 Å². The van der Waals surface area contributed by atoms with Crippen LogP contribution >= 0.6 is 0 Å². The molecule has 0 radical (unpaired) electrons. The quantitative estimate of drug-likeness (QED) is 0.746. The van der Waals surface area contributed by atoms with Gasteiger partial charge in [0.1, 0.15) is 12.6 Å². The zero-order valence-corrected chi connectivity index (χ0v) is 13.2. The van der Waals surface area contributed by atoms with E-state index in [2.05, 4.69) is 0 Å². The Morgan fingerprint density at radius 1 is 1.17 bits per heavy atom. The molecule has 1 heterocycles. The summed E-state index contributed by atoms with van der Waals surface area (Å²) in [4.78, 5) is 36.9. The summed E-state index contributed by atoms with van der Waals surface area (Å²) in [6.07, 6.45) is 1.52. The molecular formula is C17H21NO5. The van der Waals surface area contributed by atoms with Crippen molar-refractivity contribution in [2.75, 3.05) is 13.2 Å². The first-order valence-electron chi connectivity index (χ1n) is 7.77. The molecule has 0 aromatic heterocycles. The van der Waals surface area contributed by atoms with Gasteiger partial charge in [-0.3, -0.25) is 9.59 Å². The molecule has 1 aliphatic heterocycles. The van der Waals surface area contributed by atoms with Crippen LogP contribution in [0.5, 0.6) is 0 Å². The molecular weight excluding hydrogens is 298 g/mol. The molecule has 1 saturated heterocycles. The summed E-state index contributed by atoms with van der Waals surface area (Å²) in [6, 6.07) is 8.78. The zero-order chi connectivity index (χ0) is 16.7. The van der Waals surface area contributed by atoms with E-state index in [-0.39, 0.29) is 25.5 Å². The van der Waals surface area contributed by atoms with Crippen LogP contribution in [0.25, 0.3) is 0 Å². The number of hydrogen-bond acceptors (Lipinski definition) is 5. The number of nitrogens with zero attached hydrogens (tertiary/aromatic N) is 1. The summed E-state index contributed by atoms with van der Waals surface area (Å²) in [6.45, 7) is 2.00. The Morgan fingerprint density at radius 3 is 2.61 bits per heavy atom. The zero-order valence-electron chi connectivity index (χ0n) is 13.2. The molecule has 6 nitrogen and oxygen atoms in total. The van der Waals surface area contributed by atoms with Crippen molar-refractivity contribution in [3.8, 4) is 0 Å². The Bertz CT molecular complexity index is 557. The van der Waals surface area contributed by atoms with E-state index in [1.54, 1.807) is 6.92 Å². The van der Waals surface area contributed by atoms with Crippen molar-refractivity contribution in [1.29, 1.82) is 0 Å². The number of esters is 2. The van der Waals surface area contributed by atoms with Gasteiger partial charge in [0.15, 0.2) is 6.61 Å². The van der Waals surface area contributed by atoms with Gasteiger partial charge in [0, 0.05) is 13.0 Å². The van der Waals surface area contributed by atoms with Crippen LogP contribution in [0.4, 0.5) is 0 Å². The van der Waals surface area contributed by atoms with Crippen LogP contribution in [0.15, 0.2) is 30.3 Å². The molecule has 0 N–H and O–H groups in total. The summed E-state index contributed by atoms with van der Waals surface area (Å²) in [5, 5.41) is 0. The van der Waals surface area contributed by atoms with Crippen molar-refractivity contribution in [3.05, 3.63) is 35.9 Å². The number of amides is 1. The SMILES string of the molecule is CCC(=O)OCC(=O)N1CCC[C@@H]1C(=O)OCc1ccccc1. The number of hydrogen-bond donors (Lipinski definition) is 0. The molecule has 23 heavy (non-hydrogen) atoms. The van der Waals surface area contributed by atoms with E-state index in [0.717, 1.165) is 12.0 Å². The molecule has 1 aromatic carbocycles. The Hall–Kier alpha value is -2.37. The van der Waals surface area contributed by atoms with Gasteiger partial charge in [0.05, 0.1) is 0 Å². The second-order valence-corrected chi connectivity index (χ2v) is 5.35. The number of ether oxygens (including phenoxy) is 2. The van der Waals surface area contributed by atoms with Gasteiger partial charge in [-0.25, -0.2) is 4.79 Å². The predicted octanol–water partition coefficient (Wildman–Crippen LogP) is 1.67. The van der Waals surface area contributed by atoms with Crippen molar-refractivity contribution < 1.29 is 23.9 Å². The highest BCUT2D eigenvalue weighted by Gasteiger charge is 2.35. The molecule has 1 amide bonds. The Morgan fingerprint density at radius 2 is 1.91 bits per heavy atom. The second-order valence-electron chi connectivity index (χ2n) is 5.35. The third kappa shape index (κ3) is 4.81. The highest BCUT2D eigenvalue weighted by molar-refractivity contribution is 5.86. The second kappa shape index (κ2) is 8.31. The molecule has 6 heteroatoms. The smallest absolute Gasteiger partial charge is 0.329 e. The van der Waals surface area contributed by atoms with Crippen LogP contribution in [0.1, 0.15) is 31.7 Å². The van der Waals surface area contributed by atoms with Crippen molar-refractivity contribution >= 4 is 17.8 Å². The maximum atomic E-state index is 12.2. The fourth-order valence-electron chi connectivity index (χ4n) is 2.46. The monoisotopic (exact) mass is 319 g/mol. The van der Waals surface area contributed by atoms with E-state index in [4.69, 9.17) is 9.47 Å². The predicted molar refractivity (Wildman–Crippen MR) is 82.2 cm³/mol. The maximum absolute atomic E-state index is 12.2. The van der Waals surface area contributed by atoms with Gasteiger partial charge in [-0.15, -0.1) is 0 Å². The van der Waals surface area contributed by atoms with Crippen LogP contribution in [-0.2, 0) is 30.5 Å². The number of likely N-dealkylation sites (tertiary alicyclic amines) is 1. The molecule has 0 unspecified atom stereocenters. The van der Waals surface area contributed by atoms with E-state index in [9.17, 15) is 14.4 Å². The number of rotatable bonds is 6. The average molecular weight is 319 g/mol. The van der Waals surface area contributed by atoms with Crippen molar-refractivity contribution in [1.82, 2.24) is 4.90 Å². The molecule has 1 aliphatic rings. The minimum Gasteiger partial charge on any atom is -0.459 e. The summed E-state index contributed by atoms with van der Waals surface area (Å²) < 4.78 is 10.1. The molecule has 0 saturated carbocycles. The Balaban J connectivity index is 1.86. The van der Waals surface area contributed by atoms with Crippen LogP contribution in [-0.4, -0.2) is 41.9 Å². The fraction of sp³-hybridized carbons (Fsp3) is 0.471. The van der Waals surface area contributed by atoms with E-state index >= 15 is 0 Å². The summed E-state index contributed by atoms with van der Waals surface area (Å²) in [7, 11) is 0. The van der Waals surface area contributed by atoms with Gasteiger partial charge in [-0.2, -0.15) is 0 Å². The van der Waals surface area contributed by atoms with Gasteiger partial charge >= 0.3 is 11.9 Å². The third-order valence-corrected chi connectivity index (χ3v) is 3.71. The first-order chi connectivity index (χ1) is 11.1. The lowest BCUT2D eigenvalue weighted by Gasteiger charge is -2.23. The molecule has 0 aliphatic carbocycles. The van der Waals surface area contributed by atoms with Crippen LogP contribution in [0.2, 0.25) is 0 Å². The molecule has 0 bridgehead atoms. The van der Waals surface area contributed by atoms with Gasteiger partial charge in [-0.1, -0.05) is 37.3 Å². The largest absolute Gasteiger partial charge is 0.459 e. The van der Waals surface area contributed by atoms with Gasteiger partial charge in [-0.05, 0) is 18.4 Å². The molecule has 124 valence electrons. The lowest BCUT2D eigenvalue weighted by molar-refractivity contribution is -0.158. The summed E-state index contributed by atoms with van der Waals surface area (Å²) in [5.41, 5.74) is 0.897. The normalized spacial score (nSPS) is 16.9. The van der Waals surface area contributed by atoms with Gasteiger partial charge < -0.3 is 14.4 Å². The molecule has 1 atom stereocenters. The highest BCUT2D eigenvalue weighted by Crippen LogP contribution is 2.19. The average Bonchev–Trinajstić information content (AvgIpc) is 3.08. The lowest BCUT2D eigenvalue weighted by atomic mass is 10.2. The first kappa shape index (κ1) is 17.0. The third-order valence-electron chi connectivity index (χ3n) is 3.71. The highest BCUT2D eigenvalue weighted by atomic mass is 16.5. The van der Waals surface area contributed by atoms with Crippen molar-refractivity contribution in [2.24, 2.45) is 0 Å². The summed E-state index contributed by atoms with van der Waals surface area (Å²) in [5.74, 6) is -1.20. The molecule has 1 aromatic rings. The van der Waals surface area contributed by atoms with E-state index < -0.39 is 18.0 Å². The molecule has 2 rings (SSSR count). The van der Waals surface area contributed by atoms with Gasteiger partial charge in [0.2, 0.25) is 0 Å². The molecule has 0 spiro atoms. The van der Waals surface area contributed by atoms with Crippen LogP contribution in [0.3, 0.4) is 0 Å². The van der Waals surface area contributed by atoms with Gasteiger partial charge in [0.25, 0.3) is 5.91 Å². The van der Waals surface area contributed by atoms with E-state index in [1.165, 1.54) is 4.90 Å². The first-order valence-corrected chi connectivity index (χ1v) is 7.77. The summed E-state index contributed by atoms with van der Waals surface area (Å²) >= 11 is 0. The minimum absolute atomic E-state index is 0.184. The Labute approximate surface area is 135 Å². The fourth-order valence-corrected chi connectivity index (χ4v) is 2.46. The van der Waals surface area contributed by atoms with Crippen LogP contribution in [0, 0.1) is 0 Å². The topological polar surface area (TPSA) is 72.9 Å². The Kier molecular flexibility index (Phi) is 6.14. The minimum atomic E-state index is -0.591. The standard InChI is InChI=1S/C17H21NO5/c1-2-16(20)22-12-15(19)18-10-6-9-14(18)17(21)23-11-13-7-4-3-5-8-13/h3-5,7-8,14H,2,6,9-12H2,1H3/t14-/m1/s1. The molecule has 1 fully saturated rings. The van der Waals surface area contributed by atoms with E-state index in [0.29, 0.717) is 13.0 Å². The van der Waals surface area contributed by atoms with Crippen molar-refractivity contribution in [2.45, 2.75) is 38.8 Å². The maximum Gasteiger partial charge on any atom is 0.329 e. The number of carbonyl (C=O) groups excluding carboxylic acids is 3. The number of benzene rings is 1. The number of carbonyl (C=O) groups is 3. The van der Waals surface area contributed by atoms with Crippen LogP contribution < -0.4 is 0 Å². The lowest BCUT2D eigenvalue weighted by Crippen LogP contribution is -2.43.